The number of esters is 1. The zero-order valence-electron chi connectivity index (χ0n) is 12.7. The van der Waals surface area contributed by atoms with Gasteiger partial charge in [0.25, 0.3) is 0 Å². The first-order valence-electron chi connectivity index (χ1n) is 6.88. The average Bonchev–Trinajstić information content (AvgIpc) is 2.56. The van der Waals surface area contributed by atoms with Gasteiger partial charge < -0.3 is 19.9 Å². The summed E-state index contributed by atoms with van der Waals surface area (Å²) in [5.41, 5.74) is 0.755. The molecule has 0 aliphatic heterocycles. The molecule has 0 saturated heterocycles. The molecule has 0 aromatic heterocycles. The number of amides is 1. The van der Waals surface area contributed by atoms with Crippen LogP contribution in [0.25, 0.3) is 0 Å². The highest BCUT2D eigenvalue weighted by atomic mass is 16.5. The normalized spacial score (nSPS) is 12.6. The number of methoxy groups -OCH3 is 1. The number of hydrogen-bond acceptors (Lipinski definition) is 5. The first kappa shape index (κ1) is 18.2. The Hall–Kier alpha value is -2.83. The lowest BCUT2D eigenvalue weighted by atomic mass is 9.96. The van der Waals surface area contributed by atoms with Crippen molar-refractivity contribution in [1.29, 1.82) is 0 Å². The molecule has 1 amide bonds. The second-order valence-corrected chi connectivity index (χ2v) is 4.68. The second kappa shape index (κ2) is 9.24. The smallest absolute Gasteiger partial charge is 0.408 e. The lowest BCUT2D eigenvalue weighted by molar-refractivity contribution is -0.152. The number of benzene rings is 1. The summed E-state index contributed by atoms with van der Waals surface area (Å²) < 4.78 is 9.52. The van der Waals surface area contributed by atoms with Crippen LogP contribution in [0.1, 0.15) is 12.0 Å². The molecule has 23 heavy (non-hydrogen) atoms. The summed E-state index contributed by atoms with van der Waals surface area (Å²) in [7, 11) is 1.14. The third-order valence-corrected chi connectivity index (χ3v) is 3.08. The number of aliphatic carboxylic acids is 1. The molecule has 0 heterocycles. The van der Waals surface area contributed by atoms with Gasteiger partial charge in [0.1, 0.15) is 12.6 Å². The Morgan fingerprint density at radius 2 is 1.96 bits per heavy atom. The van der Waals surface area contributed by atoms with Gasteiger partial charge in [0.15, 0.2) is 0 Å². The van der Waals surface area contributed by atoms with Crippen LogP contribution >= 0.6 is 0 Å². The summed E-state index contributed by atoms with van der Waals surface area (Å²) in [4.78, 5) is 34.8. The summed E-state index contributed by atoms with van der Waals surface area (Å²) in [6.07, 6.45) is 0.496. The molecule has 0 saturated carbocycles. The fraction of sp³-hybridized carbons (Fsp3) is 0.312. The zero-order valence-corrected chi connectivity index (χ0v) is 12.7. The minimum Gasteiger partial charge on any atom is -0.480 e. The Labute approximate surface area is 133 Å². The van der Waals surface area contributed by atoms with E-state index in [1.165, 1.54) is 6.08 Å². The number of alkyl carbamates (subject to hydrolysis) is 1. The minimum absolute atomic E-state index is 0.0106. The number of allylic oxidation sites excluding steroid dienone is 1. The van der Waals surface area contributed by atoms with Gasteiger partial charge in [-0.15, -0.1) is 6.58 Å². The highest BCUT2D eigenvalue weighted by molar-refractivity contribution is 5.86. The van der Waals surface area contributed by atoms with E-state index in [4.69, 9.17) is 4.74 Å². The minimum atomic E-state index is -1.47. The molecule has 0 aliphatic rings. The van der Waals surface area contributed by atoms with Gasteiger partial charge in [-0.25, -0.2) is 9.59 Å². The van der Waals surface area contributed by atoms with Gasteiger partial charge in [-0.05, 0) is 12.0 Å². The summed E-state index contributed by atoms with van der Waals surface area (Å²) in [6.45, 7) is 3.46. The van der Waals surface area contributed by atoms with Crippen molar-refractivity contribution in [3.8, 4) is 0 Å². The number of carboxylic acids is 1. The highest BCUT2D eigenvalue weighted by Crippen LogP contribution is 2.13. The van der Waals surface area contributed by atoms with Crippen LogP contribution in [0.3, 0.4) is 0 Å². The van der Waals surface area contributed by atoms with E-state index in [9.17, 15) is 19.5 Å². The van der Waals surface area contributed by atoms with Crippen LogP contribution in [-0.2, 0) is 25.7 Å². The highest BCUT2D eigenvalue weighted by Gasteiger charge is 2.35. The van der Waals surface area contributed by atoms with Gasteiger partial charge in [-0.1, -0.05) is 36.4 Å². The van der Waals surface area contributed by atoms with Crippen molar-refractivity contribution < 1.29 is 29.0 Å². The topological polar surface area (TPSA) is 102 Å². The van der Waals surface area contributed by atoms with Crippen LogP contribution in [0.15, 0.2) is 43.0 Å². The molecule has 0 aliphatic carbocycles. The Bertz CT molecular complexity index is 557. The van der Waals surface area contributed by atoms with E-state index in [0.717, 1.165) is 12.7 Å². The molecule has 0 unspecified atom stereocenters. The van der Waals surface area contributed by atoms with E-state index in [1.807, 2.05) is 6.07 Å². The standard InChI is InChI=1S/C16H19NO6/c1-3-7-12(15(20)22-2)13(14(18)19)17-16(21)23-10-11-8-5-4-6-9-11/h3-6,8-9,12-13H,1,7,10H2,2H3,(H,17,21)(H,18,19)/t12-,13+/m1/s1. The maximum absolute atomic E-state index is 11.8. The van der Waals surface area contributed by atoms with Crippen molar-refractivity contribution in [3.63, 3.8) is 0 Å². The molecule has 2 N–H and O–H groups in total. The predicted octanol–water partition coefficient (Wildman–Crippen LogP) is 1.73. The van der Waals surface area contributed by atoms with Gasteiger partial charge in [0, 0.05) is 0 Å². The molecule has 2 atom stereocenters. The first-order chi connectivity index (χ1) is 11.0. The zero-order chi connectivity index (χ0) is 17.2. The molecular weight excluding hydrogens is 302 g/mol. The van der Waals surface area contributed by atoms with E-state index in [2.05, 4.69) is 16.6 Å². The van der Waals surface area contributed by atoms with E-state index in [1.54, 1.807) is 24.3 Å². The summed E-state index contributed by atoms with van der Waals surface area (Å²) in [5, 5.41) is 11.4. The SMILES string of the molecule is C=CC[C@@H](C(=O)OC)[C@H](NC(=O)OCc1ccccc1)C(=O)O. The monoisotopic (exact) mass is 321 g/mol. The molecule has 1 rings (SSSR count). The second-order valence-electron chi connectivity index (χ2n) is 4.68. The van der Waals surface area contributed by atoms with E-state index < -0.39 is 30.0 Å². The van der Waals surface area contributed by atoms with Crippen molar-refractivity contribution in [2.24, 2.45) is 5.92 Å². The van der Waals surface area contributed by atoms with Crippen LogP contribution in [0.5, 0.6) is 0 Å². The Kier molecular flexibility index (Phi) is 7.32. The van der Waals surface area contributed by atoms with Crippen LogP contribution < -0.4 is 5.32 Å². The number of ether oxygens (including phenoxy) is 2. The van der Waals surface area contributed by atoms with Crippen molar-refractivity contribution in [3.05, 3.63) is 48.6 Å². The lowest BCUT2D eigenvalue weighted by Crippen LogP contribution is -2.48. The summed E-state index contributed by atoms with van der Waals surface area (Å²) >= 11 is 0. The number of rotatable bonds is 8. The van der Waals surface area contributed by atoms with Gasteiger partial charge >= 0.3 is 18.0 Å². The molecule has 1 aromatic carbocycles. The number of nitrogens with one attached hydrogen (secondary N) is 1. The maximum atomic E-state index is 11.8. The fourth-order valence-electron chi connectivity index (χ4n) is 1.93. The molecule has 0 radical (unpaired) electrons. The van der Waals surface area contributed by atoms with Gasteiger partial charge in [0.2, 0.25) is 0 Å². The molecule has 1 aromatic rings. The Morgan fingerprint density at radius 1 is 1.30 bits per heavy atom. The number of carboxylic acid groups (broad SMARTS) is 1. The number of hydrogen-bond donors (Lipinski definition) is 2. The van der Waals surface area contributed by atoms with E-state index in [-0.39, 0.29) is 13.0 Å². The van der Waals surface area contributed by atoms with Crippen LogP contribution in [0.2, 0.25) is 0 Å². The van der Waals surface area contributed by atoms with Crippen molar-refractivity contribution >= 4 is 18.0 Å². The molecule has 7 heteroatoms. The van der Waals surface area contributed by atoms with E-state index in [0.29, 0.717) is 0 Å². The fourth-order valence-corrected chi connectivity index (χ4v) is 1.93. The molecule has 124 valence electrons. The van der Waals surface area contributed by atoms with Crippen molar-refractivity contribution in [1.82, 2.24) is 5.32 Å². The largest absolute Gasteiger partial charge is 0.480 e. The summed E-state index contributed by atoms with van der Waals surface area (Å²) in [5.74, 6) is -3.20. The van der Waals surface area contributed by atoms with E-state index >= 15 is 0 Å². The molecule has 7 nitrogen and oxygen atoms in total. The summed E-state index contributed by atoms with van der Waals surface area (Å²) in [6, 6.07) is 7.44. The van der Waals surface area contributed by atoms with Crippen molar-refractivity contribution in [2.75, 3.05) is 7.11 Å². The number of carbonyl (C=O) groups is 3. The lowest BCUT2D eigenvalue weighted by Gasteiger charge is -2.21. The molecule has 0 fully saturated rings. The van der Waals surface area contributed by atoms with Crippen molar-refractivity contribution in [2.45, 2.75) is 19.1 Å². The average molecular weight is 321 g/mol. The van der Waals surface area contributed by atoms with Gasteiger partial charge in [-0.3, -0.25) is 4.79 Å². The third-order valence-electron chi connectivity index (χ3n) is 3.08. The maximum Gasteiger partial charge on any atom is 0.408 e. The number of carbonyl (C=O) groups excluding carboxylic acids is 2. The van der Waals surface area contributed by atoms with Gasteiger partial charge in [0.05, 0.1) is 13.0 Å². The predicted molar refractivity (Wildman–Crippen MR) is 81.5 cm³/mol. The Balaban J connectivity index is 2.70. The Morgan fingerprint density at radius 3 is 2.48 bits per heavy atom. The van der Waals surface area contributed by atoms with Crippen LogP contribution in [0.4, 0.5) is 4.79 Å². The van der Waals surface area contributed by atoms with Crippen LogP contribution in [-0.4, -0.2) is 36.3 Å². The first-order valence-corrected chi connectivity index (χ1v) is 6.88. The molecule has 0 spiro atoms. The third kappa shape index (κ3) is 5.82. The molecular formula is C16H19NO6. The molecule has 0 bridgehead atoms. The van der Waals surface area contributed by atoms with Gasteiger partial charge in [-0.2, -0.15) is 0 Å². The van der Waals surface area contributed by atoms with Crippen LogP contribution in [0, 0.1) is 5.92 Å². The quantitative estimate of drug-likeness (QED) is 0.558.